The fraction of sp³-hybridized carbons (Fsp3) is 0.326. The number of ketones is 1. The van der Waals surface area contributed by atoms with Crippen molar-refractivity contribution in [2.75, 3.05) is 0 Å². The van der Waals surface area contributed by atoms with E-state index in [1.807, 2.05) is 0 Å². The molecule has 4 aliphatic rings. The number of aliphatic hydroxyl groups is 1. The number of Topliss-reactive ketones (excluding diaryl/α,β-unsaturated/α-hetero) is 1. The number of rotatable bonds is 11. The molecule has 8 rings (SSSR count). The molecule has 8 amide bonds. The Bertz CT molecular complexity index is 2870. The highest BCUT2D eigenvalue weighted by atomic mass is 79.9. The maximum atomic E-state index is 15.7. The van der Waals surface area contributed by atoms with Crippen LogP contribution in [0.2, 0.25) is 0 Å². The van der Waals surface area contributed by atoms with Crippen molar-refractivity contribution in [1.29, 1.82) is 0 Å². The number of nitrogens with one attached hydrogen (secondary N) is 2. The number of aliphatic hydroxyl groups excluding tert-OH is 1. The number of hydrogen-bond acceptors (Lipinski definition) is 8. The van der Waals surface area contributed by atoms with Crippen LogP contribution in [0.25, 0.3) is 0 Å². The first-order valence-electron chi connectivity index (χ1n) is 21.1. The van der Waals surface area contributed by atoms with Crippen LogP contribution >= 0.6 is 31.9 Å². The van der Waals surface area contributed by atoms with E-state index in [4.69, 9.17) is 0 Å². The fourth-order valence-electron chi connectivity index (χ4n) is 9.43. The quantitative estimate of drug-likeness (QED) is 0.103. The van der Waals surface area contributed by atoms with Crippen LogP contribution in [-0.4, -0.2) is 103 Å². The van der Waals surface area contributed by atoms with Gasteiger partial charge in [0.1, 0.15) is 29.3 Å². The maximum absolute atomic E-state index is 15.7. The van der Waals surface area contributed by atoms with Crippen LogP contribution in [0.15, 0.2) is 93.9 Å². The Kier molecular flexibility index (Phi) is 12.8. The number of benzene rings is 4. The van der Waals surface area contributed by atoms with Gasteiger partial charge >= 0.3 is 24.4 Å². The maximum Gasteiger partial charge on any atom is 0.408 e. The van der Waals surface area contributed by atoms with Gasteiger partial charge in [0, 0.05) is 40.4 Å². The Morgan fingerprint density at radius 2 is 1.09 bits per heavy atom. The minimum Gasteiger partial charge on any atom is -0.388 e. The van der Waals surface area contributed by atoms with Gasteiger partial charge in [-0.15, -0.1) is 0 Å². The molecule has 4 aromatic rings. The molecule has 2 fully saturated rings. The average molecular weight is 1110 g/mol. The van der Waals surface area contributed by atoms with E-state index in [1.54, 1.807) is 0 Å². The third kappa shape index (κ3) is 8.49. The second kappa shape index (κ2) is 17.8. The van der Waals surface area contributed by atoms with Crippen LogP contribution in [0.4, 0.5) is 44.7 Å². The predicted molar refractivity (Wildman–Crippen MR) is 233 cm³/mol. The molecule has 7 atom stereocenters. The summed E-state index contributed by atoms with van der Waals surface area (Å²) in [4.78, 5) is 105. The van der Waals surface area contributed by atoms with Crippen LogP contribution in [-0.2, 0) is 43.3 Å². The topological polar surface area (TPSA) is 177 Å². The molecule has 368 valence electrons. The molecule has 0 saturated carbocycles. The summed E-state index contributed by atoms with van der Waals surface area (Å²) < 4.78 is 120. The Morgan fingerprint density at radius 3 is 1.54 bits per heavy atom. The Hall–Kier alpha value is -6.27. The lowest BCUT2D eigenvalue weighted by Crippen LogP contribution is -2.69. The first kappa shape index (κ1) is 50.1. The molecule has 2 spiro atoms. The lowest BCUT2D eigenvalue weighted by molar-refractivity contribution is -0.194. The van der Waals surface area contributed by atoms with E-state index in [-0.39, 0.29) is 53.0 Å². The normalized spacial score (nSPS) is 22.5. The molecule has 3 N–H and O–H groups in total. The van der Waals surface area contributed by atoms with Crippen LogP contribution in [0.1, 0.15) is 71.0 Å². The van der Waals surface area contributed by atoms with Crippen molar-refractivity contribution in [3.63, 3.8) is 0 Å². The highest BCUT2D eigenvalue weighted by Gasteiger charge is 2.67. The summed E-state index contributed by atoms with van der Waals surface area (Å²) in [6.07, 6.45) is -13.9. The summed E-state index contributed by atoms with van der Waals surface area (Å²) in [6, 6.07) is -0.578. The van der Waals surface area contributed by atoms with Gasteiger partial charge in [0.2, 0.25) is 11.8 Å². The summed E-state index contributed by atoms with van der Waals surface area (Å²) in [5.41, 5.74) is -5.69. The van der Waals surface area contributed by atoms with Crippen molar-refractivity contribution in [3.8, 4) is 0 Å². The molecule has 0 bridgehead atoms. The van der Waals surface area contributed by atoms with Crippen molar-refractivity contribution in [3.05, 3.63) is 139 Å². The molecule has 4 aromatic carbocycles. The molecule has 2 aliphatic heterocycles. The molecule has 2 heterocycles. The molecule has 14 nitrogen and oxygen atoms in total. The van der Waals surface area contributed by atoms with Crippen LogP contribution < -0.4 is 10.6 Å². The summed E-state index contributed by atoms with van der Waals surface area (Å²) in [6.45, 7) is -1.39. The monoisotopic (exact) mass is 1110 g/mol. The van der Waals surface area contributed by atoms with E-state index in [2.05, 4.69) is 42.5 Å². The minimum absolute atomic E-state index is 0.00403. The highest BCUT2D eigenvalue weighted by molar-refractivity contribution is 9.10. The van der Waals surface area contributed by atoms with Gasteiger partial charge in [-0.2, -0.15) is 26.3 Å². The van der Waals surface area contributed by atoms with Crippen LogP contribution in [0, 0.1) is 11.6 Å². The van der Waals surface area contributed by atoms with Crippen molar-refractivity contribution in [2.45, 2.75) is 93.5 Å². The number of hydrogen-bond donors (Lipinski definition) is 3. The van der Waals surface area contributed by atoms with E-state index < -0.39 is 133 Å². The van der Waals surface area contributed by atoms with E-state index >= 15 is 45.5 Å². The first-order valence-corrected chi connectivity index (χ1v) is 22.6. The SMILES string of the molecule is C[C@H](N(Cc1ccc(F)cc1)C(=O)C(C(C(=O)N(Cc1ccc(F)cc1)[C@@H](C)C(F)(F)F)N1C(=O)NC2(CC(O)c3cc(Br)ccc32)C1=O)N1C(=O)NC2(CC(=O)c3cc(Br)ccc32)C1=O)C(F)(F)F. The standard InChI is InChI=1S/C46H36Br2F8N6O8/c1-21(45(51,52)53)59(19-23-3-9-27(49)10-4-23)37(65)35(61-39(67)43(57-41(61)69)17-33(63)29-15-25(47)7-13-31(29)43)36(38(66)60(22(2)46(54,55)56)20-24-5-11-28(50)12-6-24)62-40(68)44(58-42(62)70)18-34(64)30-16-26(48)8-14-32(30)44/h3-16,21-22,33,35-36,63H,17-20H2,1-2H3,(H,57,69)(H,58,70)/t21-,22-,33?,35?,36?,43?,44?/m0/s1. The van der Waals surface area contributed by atoms with Gasteiger partial charge in [-0.25, -0.2) is 28.2 Å². The van der Waals surface area contributed by atoms with Crippen LogP contribution in [0.5, 0.6) is 0 Å². The van der Waals surface area contributed by atoms with E-state index in [0.29, 0.717) is 22.8 Å². The molecule has 2 saturated heterocycles. The van der Waals surface area contributed by atoms with Crippen LogP contribution in [0.3, 0.4) is 0 Å². The van der Waals surface area contributed by atoms with Gasteiger partial charge in [-0.1, -0.05) is 68.3 Å². The number of nitrogens with zero attached hydrogens (tertiary/aromatic N) is 4. The third-order valence-electron chi connectivity index (χ3n) is 13.1. The smallest absolute Gasteiger partial charge is 0.388 e. The molecule has 0 aromatic heterocycles. The summed E-state index contributed by atoms with van der Waals surface area (Å²) >= 11 is 6.45. The predicted octanol–water partition coefficient (Wildman–Crippen LogP) is 7.40. The van der Waals surface area contributed by atoms with Crippen molar-refractivity contribution in [2.24, 2.45) is 0 Å². The number of urea groups is 2. The van der Waals surface area contributed by atoms with Gasteiger partial charge in [0.25, 0.3) is 11.8 Å². The minimum atomic E-state index is -5.40. The largest absolute Gasteiger partial charge is 0.408 e. The number of carbonyl (C=O) groups is 7. The van der Waals surface area contributed by atoms with E-state index in [9.17, 15) is 28.3 Å². The van der Waals surface area contributed by atoms with Gasteiger partial charge in [0.15, 0.2) is 23.4 Å². The Balaban J connectivity index is 1.40. The highest BCUT2D eigenvalue weighted by Crippen LogP contribution is 2.49. The zero-order chi connectivity index (χ0) is 51.2. The molecule has 70 heavy (non-hydrogen) atoms. The number of halogens is 10. The molecule has 0 radical (unpaired) electrons. The third-order valence-corrected chi connectivity index (χ3v) is 14.1. The number of carbonyl (C=O) groups excluding carboxylic acids is 7. The van der Waals surface area contributed by atoms with Gasteiger partial charge in [0.05, 0.1) is 6.10 Å². The Morgan fingerprint density at radius 1 is 0.671 bits per heavy atom. The lowest BCUT2D eigenvalue weighted by atomic mass is 9.89. The number of fused-ring (bicyclic) bond motifs is 4. The molecule has 2 aliphatic carbocycles. The average Bonchev–Trinajstić information content (AvgIpc) is 3.91. The molecular weight excluding hydrogens is 1080 g/mol. The van der Waals surface area contributed by atoms with Crippen molar-refractivity contribution < 1.29 is 73.8 Å². The summed E-state index contributed by atoms with van der Waals surface area (Å²) in [7, 11) is 0. The number of alkyl halides is 6. The Labute approximate surface area is 408 Å². The number of amides is 8. The fourth-order valence-corrected chi connectivity index (χ4v) is 10.2. The van der Waals surface area contributed by atoms with E-state index in [0.717, 1.165) is 48.5 Å². The second-order valence-electron chi connectivity index (χ2n) is 17.3. The lowest BCUT2D eigenvalue weighted by Gasteiger charge is -2.42. The van der Waals surface area contributed by atoms with E-state index in [1.165, 1.54) is 36.4 Å². The van der Waals surface area contributed by atoms with Gasteiger partial charge in [-0.3, -0.25) is 24.0 Å². The molecule has 5 unspecified atom stereocenters. The zero-order valence-corrected chi connectivity index (χ0v) is 39.3. The zero-order valence-electron chi connectivity index (χ0n) is 36.2. The van der Waals surface area contributed by atoms with Gasteiger partial charge < -0.3 is 25.5 Å². The van der Waals surface area contributed by atoms with Gasteiger partial charge in [-0.05, 0) is 90.2 Å². The molecule has 24 heteroatoms. The number of imide groups is 2. The first-order chi connectivity index (χ1) is 32.7. The summed E-state index contributed by atoms with van der Waals surface area (Å²) in [5.74, 6) is -9.70. The second-order valence-corrected chi connectivity index (χ2v) is 19.1. The van der Waals surface area contributed by atoms with Crippen molar-refractivity contribution >= 4 is 73.3 Å². The summed E-state index contributed by atoms with van der Waals surface area (Å²) in [5, 5.41) is 15.9. The van der Waals surface area contributed by atoms with Crippen molar-refractivity contribution in [1.82, 2.24) is 30.2 Å². The molecular formula is C46H36Br2F8N6O8.